The molecule has 0 aliphatic carbocycles. The number of ether oxygens (including phenoxy) is 1. The van der Waals surface area contributed by atoms with Gasteiger partial charge >= 0.3 is 5.97 Å². The van der Waals surface area contributed by atoms with Gasteiger partial charge in [0.1, 0.15) is 0 Å². The Bertz CT molecular complexity index is 446. The van der Waals surface area contributed by atoms with Gasteiger partial charge in [-0.05, 0) is 56.4 Å². The van der Waals surface area contributed by atoms with E-state index in [-0.39, 0.29) is 12.0 Å². The monoisotopic (exact) mass is 327 g/mol. The van der Waals surface area contributed by atoms with Crippen LogP contribution < -0.4 is 5.73 Å². The Morgan fingerprint density at radius 2 is 2.05 bits per heavy atom. The Labute approximate surface area is 123 Å². The quantitative estimate of drug-likeness (QED) is 0.808. The molecular weight excluding hydrogens is 306 g/mol. The topological polar surface area (TPSA) is 52.3 Å². The summed E-state index contributed by atoms with van der Waals surface area (Å²) < 4.78 is 6.01. The molecule has 0 fully saturated rings. The second-order valence-electron chi connectivity index (χ2n) is 4.76. The van der Waals surface area contributed by atoms with Gasteiger partial charge in [0.15, 0.2) is 0 Å². The highest BCUT2D eigenvalue weighted by atomic mass is 79.9. The maximum absolute atomic E-state index is 11.3. The second kappa shape index (κ2) is 7.65. The molecule has 0 spiro atoms. The summed E-state index contributed by atoms with van der Waals surface area (Å²) in [5, 5.41) is 0. The minimum absolute atomic E-state index is 0.0266. The summed E-state index contributed by atoms with van der Waals surface area (Å²) in [6.45, 7) is 6.37. The minimum Gasteiger partial charge on any atom is -0.466 e. The molecule has 19 heavy (non-hydrogen) atoms. The third-order valence-corrected chi connectivity index (χ3v) is 4.00. The molecule has 2 N–H and O–H groups in total. The lowest BCUT2D eigenvalue weighted by molar-refractivity contribution is -0.143. The molecule has 1 rings (SSSR count). The van der Waals surface area contributed by atoms with Gasteiger partial charge in [-0.3, -0.25) is 4.79 Å². The van der Waals surface area contributed by atoms with Gasteiger partial charge in [-0.25, -0.2) is 0 Å². The van der Waals surface area contributed by atoms with Crippen molar-refractivity contribution in [2.45, 2.75) is 46.1 Å². The first kappa shape index (κ1) is 16.2. The number of rotatable bonds is 6. The first-order valence-electron chi connectivity index (χ1n) is 6.63. The van der Waals surface area contributed by atoms with Crippen LogP contribution in [-0.4, -0.2) is 12.6 Å². The van der Waals surface area contributed by atoms with Gasteiger partial charge in [0, 0.05) is 16.9 Å². The molecule has 0 bridgehead atoms. The highest BCUT2D eigenvalue weighted by Crippen LogP contribution is 2.26. The number of aryl methyl sites for hydroxylation is 2. The number of carbonyl (C=O) groups excluding carboxylic acids is 1. The van der Waals surface area contributed by atoms with Crippen LogP contribution in [0.1, 0.15) is 48.9 Å². The van der Waals surface area contributed by atoms with Crippen LogP contribution in [0.5, 0.6) is 0 Å². The SMILES string of the molecule is CCOC(=O)CCCC(N)c1cc(C)c(Br)cc1C. The molecule has 3 nitrogen and oxygen atoms in total. The predicted molar refractivity (Wildman–Crippen MR) is 81.0 cm³/mol. The largest absolute Gasteiger partial charge is 0.466 e. The van der Waals surface area contributed by atoms with Crippen LogP contribution in [-0.2, 0) is 9.53 Å². The second-order valence-corrected chi connectivity index (χ2v) is 5.62. The van der Waals surface area contributed by atoms with Gasteiger partial charge in [-0.2, -0.15) is 0 Å². The van der Waals surface area contributed by atoms with Gasteiger partial charge in [-0.15, -0.1) is 0 Å². The van der Waals surface area contributed by atoms with Gasteiger partial charge in [0.2, 0.25) is 0 Å². The van der Waals surface area contributed by atoms with Crippen molar-refractivity contribution in [3.05, 3.63) is 33.3 Å². The molecule has 4 heteroatoms. The van der Waals surface area contributed by atoms with E-state index in [1.807, 2.05) is 6.92 Å². The Morgan fingerprint density at radius 1 is 1.37 bits per heavy atom. The van der Waals surface area contributed by atoms with Crippen molar-refractivity contribution >= 4 is 21.9 Å². The fourth-order valence-electron chi connectivity index (χ4n) is 2.06. The maximum Gasteiger partial charge on any atom is 0.305 e. The zero-order chi connectivity index (χ0) is 14.4. The van der Waals surface area contributed by atoms with Crippen LogP contribution in [0.3, 0.4) is 0 Å². The first-order valence-corrected chi connectivity index (χ1v) is 7.42. The van der Waals surface area contributed by atoms with E-state index in [1.165, 1.54) is 11.1 Å². The summed E-state index contributed by atoms with van der Waals surface area (Å²) >= 11 is 3.52. The Balaban J connectivity index is 2.56. The van der Waals surface area contributed by atoms with E-state index in [9.17, 15) is 4.79 Å². The molecule has 0 aliphatic heterocycles. The molecule has 0 radical (unpaired) electrons. The highest BCUT2D eigenvalue weighted by Gasteiger charge is 2.12. The number of nitrogens with two attached hydrogens (primary N) is 1. The van der Waals surface area contributed by atoms with Crippen LogP contribution in [0.2, 0.25) is 0 Å². The average molecular weight is 328 g/mol. The predicted octanol–water partition coefficient (Wildman–Crippen LogP) is 3.80. The van der Waals surface area contributed by atoms with E-state index in [0.29, 0.717) is 13.0 Å². The number of hydrogen-bond donors (Lipinski definition) is 1. The zero-order valence-electron chi connectivity index (χ0n) is 11.8. The van der Waals surface area contributed by atoms with E-state index < -0.39 is 0 Å². The molecule has 1 aromatic carbocycles. The molecule has 0 heterocycles. The van der Waals surface area contributed by atoms with Gasteiger partial charge < -0.3 is 10.5 Å². The molecule has 0 aliphatic rings. The van der Waals surface area contributed by atoms with E-state index in [0.717, 1.165) is 22.9 Å². The van der Waals surface area contributed by atoms with E-state index >= 15 is 0 Å². The summed E-state index contributed by atoms with van der Waals surface area (Å²) in [7, 11) is 0. The standard InChI is InChI=1S/C15H22BrNO2/c1-4-19-15(18)7-5-6-14(17)12-8-11(3)13(16)9-10(12)2/h8-9,14H,4-7,17H2,1-3H3. The lowest BCUT2D eigenvalue weighted by Crippen LogP contribution is -2.13. The van der Waals surface area contributed by atoms with Crippen molar-refractivity contribution in [2.24, 2.45) is 5.73 Å². The Kier molecular flexibility index (Phi) is 6.52. The molecule has 0 amide bonds. The fraction of sp³-hybridized carbons (Fsp3) is 0.533. The van der Waals surface area contributed by atoms with Crippen LogP contribution >= 0.6 is 15.9 Å². The molecular formula is C15H22BrNO2. The van der Waals surface area contributed by atoms with Gasteiger partial charge in [-0.1, -0.05) is 22.0 Å². The number of carbonyl (C=O) groups is 1. The summed E-state index contributed by atoms with van der Waals surface area (Å²) in [6, 6.07) is 4.19. The van der Waals surface area contributed by atoms with Crippen molar-refractivity contribution < 1.29 is 9.53 Å². The Hall–Kier alpha value is -0.870. The normalized spacial score (nSPS) is 12.3. The average Bonchev–Trinajstić information content (AvgIpc) is 2.34. The molecule has 0 aromatic heterocycles. The summed E-state index contributed by atoms with van der Waals surface area (Å²) in [5.74, 6) is -0.140. The van der Waals surface area contributed by atoms with E-state index in [1.54, 1.807) is 0 Å². The van der Waals surface area contributed by atoms with Crippen molar-refractivity contribution in [2.75, 3.05) is 6.61 Å². The summed E-state index contributed by atoms with van der Waals surface area (Å²) in [4.78, 5) is 11.3. The molecule has 0 saturated heterocycles. The van der Waals surface area contributed by atoms with Crippen LogP contribution in [0.4, 0.5) is 0 Å². The Morgan fingerprint density at radius 3 is 2.68 bits per heavy atom. The zero-order valence-corrected chi connectivity index (χ0v) is 13.4. The van der Waals surface area contributed by atoms with Gasteiger partial charge in [0.25, 0.3) is 0 Å². The minimum atomic E-state index is -0.140. The van der Waals surface area contributed by atoms with Gasteiger partial charge in [0.05, 0.1) is 6.61 Å². The fourth-order valence-corrected chi connectivity index (χ4v) is 2.52. The van der Waals surface area contributed by atoms with Crippen molar-refractivity contribution in [3.8, 4) is 0 Å². The smallest absolute Gasteiger partial charge is 0.305 e. The third-order valence-electron chi connectivity index (χ3n) is 3.15. The number of esters is 1. The molecule has 1 unspecified atom stereocenters. The van der Waals surface area contributed by atoms with E-state index in [2.05, 4.69) is 41.9 Å². The lowest BCUT2D eigenvalue weighted by atomic mass is 9.96. The lowest BCUT2D eigenvalue weighted by Gasteiger charge is -2.16. The molecule has 106 valence electrons. The highest BCUT2D eigenvalue weighted by molar-refractivity contribution is 9.10. The van der Waals surface area contributed by atoms with Crippen molar-refractivity contribution in [3.63, 3.8) is 0 Å². The molecule has 0 saturated carbocycles. The maximum atomic E-state index is 11.3. The van der Waals surface area contributed by atoms with Crippen LogP contribution in [0.15, 0.2) is 16.6 Å². The van der Waals surface area contributed by atoms with Crippen LogP contribution in [0, 0.1) is 13.8 Å². The van der Waals surface area contributed by atoms with E-state index in [4.69, 9.17) is 10.5 Å². The number of benzene rings is 1. The van der Waals surface area contributed by atoms with Crippen LogP contribution in [0.25, 0.3) is 0 Å². The molecule has 1 aromatic rings. The van der Waals surface area contributed by atoms with Crippen molar-refractivity contribution in [1.29, 1.82) is 0 Å². The molecule has 1 atom stereocenters. The summed E-state index contributed by atoms with van der Waals surface area (Å²) in [5.41, 5.74) is 9.73. The first-order chi connectivity index (χ1) is 8.95. The summed E-state index contributed by atoms with van der Waals surface area (Å²) in [6.07, 6.45) is 1.99. The number of hydrogen-bond acceptors (Lipinski definition) is 3. The number of halogens is 1. The third kappa shape index (κ3) is 4.96. The van der Waals surface area contributed by atoms with Crippen molar-refractivity contribution in [1.82, 2.24) is 0 Å².